The topological polar surface area (TPSA) is 103 Å². The summed E-state index contributed by atoms with van der Waals surface area (Å²) in [7, 11) is 0. The molecule has 9 nitrogen and oxygen atoms in total. The van der Waals surface area contributed by atoms with Crippen molar-refractivity contribution in [2.45, 2.75) is 20.0 Å². The van der Waals surface area contributed by atoms with Gasteiger partial charge in [-0.1, -0.05) is 48.0 Å². The Labute approximate surface area is 219 Å². The molecule has 39 heavy (non-hydrogen) atoms. The number of nitrogens with one attached hydrogen (secondary N) is 1. The van der Waals surface area contributed by atoms with Gasteiger partial charge in [0.25, 0.3) is 5.91 Å². The summed E-state index contributed by atoms with van der Waals surface area (Å²) in [6, 6.07) is 17.6. The molecule has 0 saturated carbocycles. The molecular formula is C27H21F3N6O3. The zero-order valence-corrected chi connectivity index (χ0v) is 20.7. The lowest BCUT2D eigenvalue weighted by molar-refractivity contribution is -0.142. The number of aromatic nitrogens is 5. The molecule has 0 atom stereocenters. The Morgan fingerprint density at radius 3 is 2.41 bits per heavy atom. The van der Waals surface area contributed by atoms with Crippen LogP contribution in [0.4, 0.5) is 19.0 Å². The normalized spacial score (nSPS) is 11.5. The zero-order chi connectivity index (χ0) is 27.7. The number of ether oxygens (including phenoxy) is 1. The number of anilines is 1. The van der Waals surface area contributed by atoms with Crippen LogP contribution in [0.2, 0.25) is 0 Å². The maximum atomic E-state index is 14.0. The van der Waals surface area contributed by atoms with Crippen molar-refractivity contribution >= 4 is 23.3 Å². The Bertz CT molecular complexity index is 1680. The highest BCUT2D eigenvalue weighted by Crippen LogP contribution is 2.32. The van der Waals surface area contributed by atoms with Gasteiger partial charge in [-0.05, 0) is 32.0 Å². The highest BCUT2D eigenvalue weighted by atomic mass is 19.4. The summed E-state index contributed by atoms with van der Waals surface area (Å²) in [4.78, 5) is 30.1. The van der Waals surface area contributed by atoms with Gasteiger partial charge in [0, 0.05) is 11.6 Å². The third kappa shape index (κ3) is 5.08. The van der Waals surface area contributed by atoms with Crippen LogP contribution < -0.4 is 5.32 Å². The maximum Gasteiger partial charge on any atom is 0.433 e. The van der Waals surface area contributed by atoms with Gasteiger partial charge in [0.05, 0.1) is 24.2 Å². The Hall–Kier alpha value is -5.00. The van der Waals surface area contributed by atoms with Crippen LogP contribution in [0.5, 0.6) is 0 Å². The Morgan fingerprint density at radius 2 is 1.74 bits per heavy atom. The number of benzene rings is 2. The fourth-order valence-corrected chi connectivity index (χ4v) is 3.92. The van der Waals surface area contributed by atoms with Gasteiger partial charge in [-0.25, -0.2) is 19.0 Å². The summed E-state index contributed by atoms with van der Waals surface area (Å²) >= 11 is 0. The Balaban J connectivity index is 1.57. The molecule has 0 fully saturated rings. The van der Waals surface area contributed by atoms with E-state index < -0.39 is 23.7 Å². The van der Waals surface area contributed by atoms with Crippen LogP contribution in [0, 0.1) is 6.92 Å². The van der Waals surface area contributed by atoms with E-state index in [2.05, 4.69) is 20.5 Å². The highest BCUT2D eigenvalue weighted by molar-refractivity contribution is 6.07. The second-order valence-corrected chi connectivity index (χ2v) is 8.52. The summed E-state index contributed by atoms with van der Waals surface area (Å²) in [5, 5.41) is 10.7. The summed E-state index contributed by atoms with van der Waals surface area (Å²) in [6.45, 7) is 3.58. The standard InChI is InChI=1S/C27H21F3N6O3/c1-3-39-26(38)19-15-31-35(18-7-5-4-6-8-18)24(19)33-25(37)21-14-23-32-20(17-11-9-16(2)10-12-17)13-22(27(28,29)30)36(23)34-21/h4-15H,3H2,1-2H3,(H,33,37). The fourth-order valence-electron chi connectivity index (χ4n) is 3.92. The van der Waals surface area contributed by atoms with E-state index >= 15 is 0 Å². The lowest BCUT2D eigenvalue weighted by Gasteiger charge is -2.11. The monoisotopic (exact) mass is 534 g/mol. The minimum absolute atomic E-state index is 0.0222. The molecule has 1 N–H and O–H groups in total. The van der Waals surface area contributed by atoms with Gasteiger partial charge >= 0.3 is 12.1 Å². The number of carbonyl (C=O) groups is 2. The molecule has 0 radical (unpaired) electrons. The van der Waals surface area contributed by atoms with Crippen molar-refractivity contribution in [3.63, 3.8) is 0 Å². The van der Waals surface area contributed by atoms with Crippen molar-refractivity contribution in [2.24, 2.45) is 0 Å². The number of rotatable bonds is 6. The van der Waals surface area contributed by atoms with Crippen molar-refractivity contribution in [1.29, 1.82) is 0 Å². The number of aryl methyl sites for hydroxylation is 1. The SMILES string of the molecule is CCOC(=O)c1cnn(-c2ccccc2)c1NC(=O)c1cc2nc(-c3ccc(C)cc3)cc(C(F)(F)F)n2n1. The Morgan fingerprint density at radius 1 is 1.03 bits per heavy atom. The molecule has 12 heteroatoms. The molecule has 5 aromatic rings. The Kier molecular flexibility index (Phi) is 6.60. The quantitative estimate of drug-likeness (QED) is 0.295. The first-order valence-electron chi connectivity index (χ1n) is 11.8. The average Bonchev–Trinajstić information content (AvgIpc) is 3.53. The van der Waals surface area contributed by atoms with Crippen LogP contribution in [0.15, 0.2) is 72.9 Å². The highest BCUT2D eigenvalue weighted by Gasteiger charge is 2.36. The van der Waals surface area contributed by atoms with Crippen LogP contribution >= 0.6 is 0 Å². The molecule has 3 heterocycles. The molecule has 3 aromatic heterocycles. The third-order valence-electron chi connectivity index (χ3n) is 5.79. The number of hydrogen-bond donors (Lipinski definition) is 1. The average molecular weight is 534 g/mol. The molecule has 0 unspecified atom stereocenters. The van der Waals surface area contributed by atoms with Gasteiger partial charge in [-0.2, -0.15) is 23.4 Å². The van der Waals surface area contributed by atoms with Crippen LogP contribution in [0.25, 0.3) is 22.6 Å². The van der Waals surface area contributed by atoms with Gasteiger partial charge in [0.1, 0.15) is 5.56 Å². The van der Waals surface area contributed by atoms with E-state index in [0.717, 1.165) is 17.7 Å². The molecule has 0 aliphatic carbocycles. The van der Waals surface area contributed by atoms with E-state index in [-0.39, 0.29) is 35.0 Å². The first kappa shape index (κ1) is 25.6. The number of nitrogens with zero attached hydrogens (tertiary/aromatic N) is 5. The first-order chi connectivity index (χ1) is 18.7. The lowest BCUT2D eigenvalue weighted by Crippen LogP contribution is -2.19. The zero-order valence-electron chi connectivity index (χ0n) is 20.7. The number of carbonyl (C=O) groups excluding carboxylic acids is 2. The molecular weight excluding hydrogens is 513 g/mol. The molecule has 198 valence electrons. The van der Waals surface area contributed by atoms with Crippen LogP contribution in [0.3, 0.4) is 0 Å². The largest absolute Gasteiger partial charge is 0.462 e. The minimum atomic E-state index is -4.77. The van der Waals surface area contributed by atoms with Gasteiger partial charge in [0.2, 0.25) is 0 Å². The summed E-state index contributed by atoms with van der Waals surface area (Å²) in [5.41, 5.74) is 0.382. The van der Waals surface area contributed by atoms with Crippen molar-refractivity contribution in [3.05, 3.63) is 95.4 Å². The maximum absolute atomic E-state index is 14.0. The van der Waals surface area contributed by atoms with E-state index in [1.54, 1.807) is 61.5 Å². The van der Waals surface area contributed by atoms with E-state index in [1.165, 1.54) is 10.9 Å². The van der Waals surface area contributed by atoms with Crippen LogP contribution in [-0.2, 0) is 10.9 Å². The van der Waals surface area contributed by atoms with Crippen LogP contribution in [0.1, 0.15) is 39.0 Å². The number of esters is 1. The number of alkyl halides is 3. The summed E-state index contributed by atoms with van der Waals surface area (Å²) in [5.74, 6) is -1.62. The van der Waals surface area contributed by atoms with E-state index in [0.29, 0.717) is 15.8 Å². The predicted molar refractivity (Wildman–Crippen MR) is 136 cm³/mol. The van der Waals surface area contributed by atoms with Gasteiger partial charge in [0.15, 0.2) is 22.9 Å². The van der Waals surface area contributed by atoms with Gasteiger partial charge in [-0.3, -0.25) is 4.79 Å². The lowest BCUT2D eigenvalue weighted by atomic mass is 10.1. The van der Waals surface area contributed by atoms with Crippen LogP contribution in [-0.4, -0.2) is 42.9 Å². The summed E-state index contributed by atoms with van der Waals surface area (Å²) < 4.78 is 48.9. The van der Waals surface area contributed by atoms with Crippen molar-refractivity contribution < 1.29 is 27.5 Å². The molecule has 0 aliphatic heterocycles. The fraction of sp³-hybridized carbons (Fsp3) is 0.148. The molecule has 5 rings (SSSR count). The van der Waals surface area contributed by atoms with E-state index in [9.17, 15) is 22.8 Å². The first-order valence-corrected chi connectivity index (χ1v) is 11.8. The predicted octanol–water partition coefficient (Wildman–Crippen LogP) is 5.34. The smallest absolute Gasteiger partial charge is 0.433 e. The molecule has 0 spiro atoms. The van der Waals surface area contributed by atoms with Crippen molar-refractivity contribution in [2.75, 3.05) is 11.9 Å². The second-order valence-electron chi connectivity index (χ2n) is 8.52. The number of halogens is 3. The van der Waals surface area contributed by atoms with Crippen molar-refractivity contribution in [1.82, 2.24) is 24.4 Å². The third-order valence-corrected chi connectivity index (χ3v) is 5.79. The molecule has 0 aliphatic rings. The number of fused-ring (bicyclic) bond motifs is 1. The number of para-hydroxylation sites is 1. The molecule has 2 aromatic carbocycles. The number of hydrogen-bond acceptors (Lipinski definition) is 6. The molecule has 1 amide bonds. The summed E-state index contributed by atoms with van der Waals surface area (Å²) in [6.07, 6.45) is -3.54. The van der Waals surface area contributed by atoms with Crippen molar-refractivity contribution in [3.8, 4) is 16.9 Å². The molecule has 0 saturated heterocycles. The van der Waals surface area contributed by atoms with Gasteiger partial charge < -0.3 is 10.1 Å². The van der Waals surface area contributed by atoms with Gasteiger partial charge in [-0.15, -0.1) is 0 Å². The minimum Gasteiger partial charge on any atom is -0.462 e. The number of amides is 1. The molecule has 0 bridgehead atoms. The second kappa shape index (κ2) is 10.0. The van der Waals surface area contributed by atoms with E-state index in [1.807, 2.05) is 6.92 Å². The van der Waals surface area contributed by atoms with E-state index in [4.69, 9.17) is 4.74 Å².